The highest BCUT2D eigenvalue weighted by Gasteiger charge is 2.29. The highest BCUT2D eigenvalue weighted by Crippen LogP contribution is 2.44. The highest BCUT2D eigenvalue weighted by molar-refractivity contribution is 6.11. The molecule has 9 rings (SSSR count). The quantitative estimate of drug-likeness (QED) is 0.195. The van der Waals surface area contributed by atoms with Gasteiger partial charge in [0, 0.05) is 50.2 Å². The Kier molecular flexibility index (Phi) is 6.57. The minimum atomic E-state index is -0.0367. The SMILES string of the molecule is CC1C(n2c3ccccc3c3ccccc32)=CC=CC1c1cccc(-c2cc(C#N)ccc2-n2c3ccccc3c3ccccc32)c1C#N. The fourth-order valence-corrected chi connectivity index (χ4v) is 8.02. The van der Waals surface area contributed by atoms with Crippen molar-refractivity contribution < 1.29 is 0 Å². The summed E-state index contributed by atoms with van der Waals surface area (Å²) in [6.45, 7) is 2.26. The van der Waals surface area contributed by atoms with Crippen LogP contribution in [0.3, 0.4) is 0 Å². The standard InChI is InChI=1S/C45H30N4/c1-29-31(16-11-23-40(29)48-41-19-6-2-12-34(41)35-13-3-7-20-42(35)48)32-17-10-18-33(39(32)28-47)38-26-30(27-46)24-25-45(38)49-43-21-8-4-14-36(43)37-15-5-9-22-44(37)49/h2-26,29,31H,1H3. The minimum Gasteiger partial charge on any atom is -0.313 e. The molecule has 2 aromatic heterocycles. The lowest BCUT2D eigenvalue weighted by Gasteiger charge is -2.30. The van der Waals surface area contributed by atoms with Gasteiger partial charge in [0.1, 0.15) is 6.07 Å². The second-order valence-corrected chi connectivity index (χ2v) is 12.8. The summed E-state index contributed by atoms with van der Waals surface area (Å²) in [7, 11) is 0. The summed E-state index contributed by atoms with van der Waals surface area (Å²) in [5.74, 6) is 0.0409. The summed E-state index contributed by atoms with van der Waals surface area (Å²) >= 11 is 0. The van der Waals surface area contributed by atoms with Gasteiger partial charge in [-0.05, 0) is 54.1 Å². The van der Waals surface area contributed by atoms with Crippen molar-refractivity contribution in [2.24, 2.45) is 5.92 Å². The van der Waals surface area contributed by atoms with Gasteiger partial charge in [0.05, 0.1) is 45.0 Å². The van der Waals surface area contributed by atoms with Crippen LogP contribution >= 0.6 is 0 Å². The van der Waals surface area contributed by atoms with Crippen molar-refractivity contribution in [1.82, 2.24) is 9.13 Å². The topological polar surface area (TPSA) is 57.4 Å². The molecule has 0 bridgehead atoms. The molecule has 6 aromatic carbocycles. The first-order valence-corrected chi connectivity index (χ1v) is 16.6. The molecule has 2 unspecified atom stereocenters. The maximum Gasteiger partial charge on any atom is 0.100 e. The van der Waals surface area contributed by atoms with E-state index in [0.717, 1.165) is 44.2 Å². The van der Waals surface area contributed by atoms with Crippen LogP contribution in [0.2, 0.25) is 0 Å². The molecule has 0 saturated heterocycles. The molecule has 0 amide bonds. The molecule has 0 spiro atoms. The predicted molar refractivity (Wildman–Crippen MR) is 200 cm³/mol. The van der Waals surface area contributed by atoms with Gasteiger partial charge < -0.3 is 9.13 Å². The van der Waals surface area contributed by atoms with Crippen LogP contribution in [0.4, 0.5) is 0 Å². The number of allylic oxidation sites excluding steroid dienone is 4. The zero-order chi connectivity index (χ0) is 33.1. The molecule has 0 aliphatic heterocycles. The summed E-state index contributed by atoms with van der Waals surface area (Å²) in [5.41, 5.74) is 10.5. The predicted octanol–water partition coefficient (Wildman–Crippen LogP) is 11.1. The maximum absolute atomic E-state index is 10.9. The lowest BCUT2D eigenvalue weighted by molar-refractivity contribution is 0.630. The van der Waals surface area contributed by atoms with Crippen molar-refractivity contribution in [2.75, 3.05) is 0 Å². The Morgan fingerprint density at radius 1 is 0.551 bits per heavy atom. The van der Waals surface area contributed by atoms with Gasteiger partial charge in [0.2, 0.25) is 0 Å². The Labute approximate surface area is 284 Å². The van der Waals surface area contributed by atoms with Crippen molar-refractivity contribution in [3.8, 4) is 29.0 Å². The zero-order valence-corrected chi connectivity index (χ0v) is 26.9. The molecule has 2 atom stereocenters. The Balaban J connectivity index is 1.23. The summed E-state index contributed by atoms with van der Waals surface area (Å²) in [4.78, 5) is 0. The number of hydrogen-bond donors (Lipinski definition) is 0. The van der Waals surface area contributed by atoms with Crippen molar-refractivity contribution in [3.63, 3.8) is 0 Å². The number of rotatable bonds is 4. The third-order valence-electron chi connectivity index (χ3n) is 10.2. The lowest BCUT2D eigenvalue weighted by atomic mass is 9.78. The molecular weight excluding hydrogens is 597 g/mol. The van der Waals surface area contributed by atoms with Crippen LogP contribution in [0.15, 0.2) is 152 Å². The second-order valence-electron chi connectivity index (χ2n) is 12.8. The van der Waals surface area contributed by atoms with E-state index in [9.17, 15) is 10.5 Å². The molecule has 2 heterocycles. The molecule has 0 fully saturated rings. The largest absolute Gasteiger partial charge is 0.313 e. The molecule has 4 nitrogen and oxygen atoms in total. The van der Waals surface area contributed by atoms with Crippen molar-refractivity contribution in [1.29, 1.82) is 10.5 Å². The van der Waals surface area contributed by atoms with E-state index in [0.29, 0.717) is 11.1 Å². The van der Waals surface area contributed by atoms with E-state index in [1.54, 1.807) is 0 Å². The molecule has 0 N–H and O–H groups in total. The third kappa shape index (κ3) is 4.28. The van der Waals surface area contributed by atoms with Gasteiger partial charge in [-0.25, -0.2) is 0 Å². The van der Waals surface area contributed by atoms with Crippen LogP contribution < -0.4 is 0 Å². The van der Waals surface area contributed by atoms with E-state index >= 15 is 0 Å². The van der Waals surface area contributed by atoms with Gasteiger partial charge in [0.15, 0.2) is 0 Å². The summed E-state index contributed by atoms with van der Waals surface area (Å²) < 4.78 is 4.65. The van der Waals surface area contributed by atoms with E-state index in [-0.39, 0.29) is 11.8 Å². The summed E-state index contributed by atoms with van der Waals surface area (Å²) in [6, 6.07) is 50.9. The fourth-order valence-electron chi connectivity index (χ4n) is 8.02. The Morgan fingerprint density at radius 3 is 1.65 bits per heavy atom. The van der Waals surface area contributed by atoms with Gasteiger partial charge in [-0.3, -0.25) is 0 Å². The Bertz CT molecular complexity index is 2670. The molecule has 0 saturated carbocycles. The molecule has 230 valence electrons. The smallest absolute Gasteiger partial charge is 0.100 e. The number of hydrogen-bond acceptors (Lipinski definition) is 2. The number of nitrogens with zero attached hydrogens (tertiary/aromatic N) is 4. The van der Waals surface area contributed by atoms with Crippen LogP contribution in [-0.4, -0.2) is 9.13 Å². The van der Waals surface area contributed by atoms with Crippen LogP contribution in [0, 0.1) is 28.6 Å². The average molecular weight is 627 g/mol. The highest BCUT2D eigenvalue weighted by atomic mass is 15.0. The first kappa shape index (κ1) is 28.6. The van der Waals surface area contributed by atoms with E-state index in [2.05, 4.69) is 156 Å². The second kappa shape index (κ2) is 11.3. The number of para-hydroxylation sites is 4. The molecule has 1 aliphatic rings. The molecule has 8 aromatic rings. The van der Waals surface area contributed by atoms with E-state index in [4.69, 9.17) is 0 Å². The lowest BCUT2D eigenvalue weighted by Crippen LogP contribution is -2.17. The Morgan fingerprint density at radius 2 is 1.10 bits per heavy atom. The van der Waals surface area contributed by atoms with Gasteiger partial charge in [-0.2, -0.15) is 10.5 Å². The van der Waals surface area contributed by atoms with Gasteiger partial charge in [-0.1, -0.05) is 110 Å². The Hall–Kier alpha value is -6.62. The summed E-state index contributed by atoms with van der Waals surface area (Å²) in [5, 5.41) is 25.7. The van der Waals surface area contributed by atoms with Gasteiger partial charge in [0.25, 0.3) is 0 Å². The van der Waals surface area contributed by atoms with Crippen LogP contribution in [0.5, 0.6) is 0 Å². The molecule has 49 heavy (non-hydrogen) atoms. The van der Waals surface area contributed by atoms with Gasteiger partial charge >= 0.3 is 0 Å². The fraction of sp³-hybridized carbons (Fsp3) is 0.0667. The van der Waals surface area contributed by atoms with Crippen molar-refractivity contribution in [3.05, 3.63) is 168 Å². The van der Waals surface area contributed by atoms with E-state index in [1.165, 1.54) is 27.5 Å². The van der Waals surface area contributed by atoms with Crippen molar-refractivity contribution in [2.45, 2.75) is 12.8 Å². The number of benzene rings is 6. The van der Waals surface area contributed by atoms with Crippen LogP contribution in [-0.2, 0) is 0 Å². The zero-order valence-electron chi connectivity index (χ0n) is 26.9. The number of fused-ring (bicyclic) bond motifs is 6. The molecule has 1 aliphatic carbocycles. The van der Waals surface area contributed by atoms with E-state index in [1.807, 2.05) is 24.3 Å². The normalized spacial score (nSPS) is 15.9. The maximum atomic E-state index is 10.9. The molecule has 4 heteroatoms. The third-order valence-corrected chi connectivity index (χ3v) is 10.2. The average Bonchev–Trinajstić information content (AvgIpc) is 3.67. The van der Waals surface area contributed by atoms with Crippen LogP contribution in [0.25, 0.3) is 66.1 Å². The van der Waals surface area contributed by atoms with Crippen LogP contribution in [0.1, 0.15) is 29.5 Å². The van der Waals surface area contributed by atoms with Crippen molar-refractivity contribution >= 4 is 49.3 Å². The van der Waals surface area contributed by atoms with Gasteiger partial charge in [-0.15, -0.1) is 0 Å². The minimum absolute atomic E-state index is 0.0367. The van der Waals surface area contributed by atoms with E-state index < -0.39 is 0 Å². The number of nitriles is 2. The monoisotopic (exact) mass is 626 g/mol. The summed E-state index contributed by atoms with van der Waals surface area (Å²) in [6.07, 6.45) is 6.57. The molecule has 0 radical (unpaired) electrons. The first-order valence-electron chi connectivity index (χ1n) is 16.6. The molecular formula is C45H30N4. The first-order chi connectivity index (χ1) is 24.2. The number of aromatic nitrogens is 2.